The fraction of sp³-hybridized carbons (Fsp3) is 0.800. The van der Waals surface area contributed by atoms with Crippen molar-refractivity contribution in [3.63, 3.8) is 0 Å². The first kappa shape index (κ1) is 9.54. The Bertz CT molecular complexity index is 343. The van der Waals surface area contributed by atoms with Crippen LogP contribution in [-0.4, -0.2) is 28.5 Å². The molecule has 0 aliphatic heterocycles. The van der Waals surface area contributed by atoms with E-state index in [1.54, 1.807) is 11.5 Å². The van der Waals surface area contributed by atoms with Gasteiger partial charge in [0.15, 0.2) is 0 Å². The van der Waals surface area contributed by atoms with E-state index in [1.807, 2.05) is 0 Å². The molecule has 1 heterocycles. The number of nitrogens with zero attached hydrogens (tertiary/aromatic N) is 3. The van der Waals surface area contributed by atoms with Crippen molar-refractivity contribution in [2.24, 2.45) is 5.73 Å². The van der Waals surface area contributed by atoms with Crippen molar-refractivity contribution in [3.05, 3.63) is 5.82 Å². The zero-order valence-electron chi connectivity index (χ0n) is 8.72. The lowest BCUT2D eigenvalue weighted by atomic mass is 10.4. The van der Waals surface area contributed by atoms with Crippen molar-refractivity contribution in [2.45, 2.75) is 37.6 Å². The second-order valence-corrected chi connectivity index (χ2v) is 5.15. The fourth-order valence-corrected chi connectivity index (χ4v) is 2.65. The van der Waals surface area contributed by atoms with Crippen LogP contribution < -0.4 is 10.6 Å². The van der Waals surface area contributed by atoms with Gasteiger partial charge in [0.05, 0.1) is 0 Å². The predicted molar refractivity (Wildman–Crippen MR) is 61.3 cm³/mol. The first-order chi connectivity index (χ1) is 7.38. The topological polar surface area (TPSA) is 55.0 Å². The highest BCUT2D eigenvalue weighted by molar-refractivity contribution is 7.09. The number of aromatic nitrogens is 2. The van der Waals surface area contributed by atoms with Crippen LogP contribution in [-0.2, 0) is 0 Å². The summed E-state index contributed by atoms with van der Waals surface area (Å²) >= 11 is 1.54. The second kappa shape index (κ2) is 3.72. The molecule has 1 aromatic rings. The first-order valence-corrected chi connectivity index (χ1v) is 6.46. The van der Waals surface area contributed by atoms with Crippen molar-refractivity contribution >= 4 is 16.7 Å². The van der Waals surface area contributed by atoms with Gasteiger partial charge in [-0.2, -0.15) is 4.37 Å². The van der Waals surface area contributed by atoms with Gasteiger partial charge in [0.2, 0.25) is 5.13 Å². The van der Waals surface area contributed by atoms with Crippen molar-refractivity contribution in [1.82, 2.24) is 9.36 Å². The Morgan fingerprint density at radius 1 is 1.33 bits per heavy atom. The zero-order valence-corrected chi connectivity index (χ0v) is 9.54. The zero-order chi connectivity index (χ0) is 10.3. The normalized spacial score (nSPS) is 20.6. The Labute approximate surface area is 93.7 Å². The van der Waals surface area contributed by atoms with Crippen LogP contribution in [0.3, 0.4) is 0 Å². The second-order valence-electron chi connectivity index (χ2n) is 4.42. The minimum atomic E-state index is 0.661. The standard InChI is InChI=1S/C10H16N4S/c11-5-6-14(8-3-4-8)10-12-9(13-15-10)7-1-2-7/h7-8H,1-6,11H2. The molecule has 2 aliphatic carbocycles. The van der Waals surface area contributed by atoms with Gasteiger partial charge in [-0.3, -0.25) is 0 Å². The fourth-order valence-electron chi connectivity index (χ4n) is 1.81. The molecule has 0 radical (unpaired) electrons. The van der Waals surface area contributed by atoms with Crippen LogP contribution in [0.25, 0.3) is 0 Å². The van der Waals surface area contributed by atoms with Crippen molar-refractivity contribution in [3.8, 4) is 0 Å². The molecule has 2 N–H and O–H groups in total. The molecule has 2 saturated carbocycles. The van der Waals surface area contributed by atoms with Crippen LogP contribution >= 0.6 is 11.5 Å². The number of hydrogen-bond donors (Lipinski definition) is 1. The highest BCUT2D eigenvalue weighted by Crippen LogP contribution is 2.40. The lowest BCUT2D eigenvalue weighted by Gasteiger charge is -2.19. The van der Waals surface area contributed by atoms with Gasteiger partial charge in [0.1, 0.15) is 5.82 Å². The van der Waals surface area contributed by atoms with E-state index >= 15 is 0 Å². The van der Waals surface area contributed by atoms with Gasteiger partial charge < -0.3 is 10.6 Å². The van der Waals surface area contributed by atoms with E-state index in [0.29, 0.717) is 18.5 Å². The van der Waals surface area contributed by atoms with Crippen LogP contribution in [0.15, 0.2) is 0 Å². The third-order valence-corrected chi connectivity index (χ3v) is 3.74. The Morgan fingerprint density at radius 3 is 2.73 bits per heavy atom. The van der Waals surface area contributed by atoms with Gasteiger partial charge in [0.25, 0.3) is 0 Å². The van der Waals surface area contributed by atoms with E-state index in [1.165, 1.54) is 25.7 Å². The molecule has 4 nitrogen and oxygen atoms in total. The molecule has 1 aromatic heterocycles. The molecular weight excluding hydrogens is 208 g/mol. The lowest BCUT2D eigenvalue weighted by molar-refractivity contribution is 0.777. The monoisotopic (exact) mass is 224 g/mol. The quantitative estimate of drug-likeness (QED) is 0.820. The smallest absolute Gasteiger partial charge is 0.205 e. The average Bonchev–Trinajstić information content (AvgIpc) is 3.13. The molecule has 3 rings (SSSR count). The van der Waals surface area contributed by atoms with E-state index < -0.39 is 0 Å². The number of nitrogens with two attached hydrogens (primary N) is 1. The van der Waals surface area contributed by atoms with Gasteiger partial charge in [-0.1, -0.05) is 0 Å². The molecule has 2 fully saturated rings. The summed E-state index contributed by atoms with van der Waals surface area (Å²) in [6.07, 6.45) is 5.13. The van der Waals surface area contributed by atoms with E-state index in [9.17, 15) is 0 Å². The van der Waals surface area contributed by atoms with Crippen LogP contribution in [0.5, 0.6) is 0 Å². The predicted octanol–water partition coefficient (Wildman–Crippen LogP) is 1.34. The molecule has 82 valence electrons. The summed E-state index contributed by atoms with van der Waals surface area (Å²) in [6.45, 7) is 1.62. The molecule has 0 saturated heterocycles. The Balaban J connectivity index is 1.75. The molecule has 0 spiro atoms. The minimum absolute atomic E-state index is 0.661. The highest BCUT2D eigenvalue weighted by Gasteiger charge is 2.33. The Hall–Kier alpha value is -0.680. The Kier molecular flexibility index (Phi) is 2.36. The highest BCUT2D eigenvalue weighted by atomic mass is 32.1. The van der Waals surface area contributed by atoms with Gasteiger partial charge in [-0.25, -0.2) is 4.98 Å². The molecule has 0 aromatic carbocycles. The molecule has 15 heavy (non-hydrogen) atoms. The summed E-state index contributed by atoms with van der Waals surface area (Å²) < 4.78 is 4.44. The lowest BCUT2D eigenvalue weighted by Crippen LogP contribution is -2.31. The summed E-state index contributed by atoms with van der Waals surface area (Å²) in [5, 5.41) is 1.09. The number of anilines is 1. The summed E-state index contributed by atoms with van der Waals surface area (Å²) in [4.78, 5) is 6.97. The third kappa shape index (κ3) is 1.99. The molecular formula is C10H16N4S. The van der Waals surface area contributed by atoms with Crippen LogP contribution in [0, 0.1) is 0 Å². The number of hydrogen-bond acceptors (Lipinski definition) is 5. The summed E-state index contributed by atoms with van der Waals surface area (Å²) in [5.74, 6) is 1.73. The van der Waals surface area contributed by atoms with E-state index in [0.717, 1.165) is 17.5 Å². The third-order valence-electron chi connectivity index (χ3n) is 2.98. The van der Waals surface area contributed by atoms with Gasteiger partial charge in [-0.05, 0) is 25.7 Å². The maximum absolute atomic E-state index is 5.63. The van der Waals surface area contributed by atoms with Gasteiger partial charge >= 0.3 is 0 Å². The van der Waals surface area contributed by atoms with Crippen molar-refractivity contribution in [2.75, 3.05) is 18.0 Å². The minimum Gasteiger partial charge on any atom is -0.343 e. The van der Waals surface area contributed by atoms with Crippen LogP contribution in [0.4, 0.5) is 5.13 Å². The Morgan fingerprint density at radius 2 is 2.13 bits per heavy atom. The first-order valence-electron chi connectivity index (χ1n) is 5.69. The van der Waals surface area contributed by atoms with Gasteiger partial charge in [0, 0.05) is 36.6 Å². The average molecular weight is 224 g/mol. The SMILES string of the molecule is NCCN(c1nc(C2CC2)ns1)C1CC1. The molecule has 0 unspecified atom stereocenters. The summed E-state index contributed by atoms with van der Waals surface area (Å²) in [5.41, 5.74) is 5.63. The van der Waals surface area contributed by atoms with E-state index in [2.05, 4.69) is 14.3 Å². The maximum Gasteiger partial charge on any atom is 0.205 e. The molecule has 0 atom stereocenters. The molecule has 5 heteroatoms. The summed E-state index contributed by atoms with van der Waals surface area (Å²) in [6, 6.07) is 0.688. The van der Waals surface area contributed by atoms with E-state index in [-0.39, 0.29) is 0 Å². The van der Waals surface area contributed by atoms with Gasteiger partial charge in [-0.15, -0.1) is 0 Å². The summed E-state index contributed by atoms with van der Waals surface area (Å²) in [7, 11) is 0. The van der Waals surface area contributed by atoms with Crippen LogP contribution in [0.1, 0.15) is 37.4 Å². The van der Waals surface area contributed by atoms with Crippen LogP contribution in [0.2, 0.25) is 0 Å². The molecule has 0 bridgehead atoms. The maximum atomic E-state index is 5.63. The van der Waals surface area contributed by atoms with Crippen molar-refractivity contribution in [1.29, 1.82) is 0 Å². The van der Waals surface area contributed by atoms with Crippen molar-refractivity contribution < 1.29 is 0 Å². The molecule has 0 amide bonds. The largest absolute Gasteiger partial charge is 0.343 e. The van der Waals surface area contributed by atoms with E-state index in [4.69, 9.17) is 5.73 Å². The molecule has 2 aliphatic rings. The number of rotatable bonds is 5.